The van der Waals surface area contributed by atoms with Gasteiger partial charge in [0, 0.05) is 68.9 Å². The molecule has 0 saturated carbocycles. The average molecular weight is 413 g/mol. The Morgan fingerprint density at radius 3 is 1.97 bits per heavy atom. The van der Waals surface area contributed by atoms with Crippen molar-refractivity contribution >= 4 is 29.3 Å². The third kappa shape index (κ3) is 4.64. The molecule has 0 bridgehead atoms. The van der Waals surface area contributed by atoms with Gasteiger partial charge in [0.1, 0.15) is 18.0 Å². The Morgan fingerprint density at radius 2 is 1.41 bits per heavy atom. The van der Waals surface area contributed by atoms with Crippen LogP contribution in [-0.2, 0) is 0 Å². The first-order chi connectivity index (χ1) is 14.1. The highest BCUT2D eigenvalue weighted by Crippen LogP contribution is 2.21. The second-order valence-corrected chi connectivity index (χ2v) is 8.41. The van der Waals surface area contributed by atoms with E-state index in [1.165, 1.54) is 4.90 Å². The number of hydrogen-bond donors (Lipinski definition) is 0. The Labute approximate surface area is 176 Å². The molecule has 7 nitrogen and oxygen atoms in total. The van der Waals surface area contributed by atoms with Crippen LogP contribution < -0.4 is 9.80 Å². The lowest BCUT2D eigenvalue weighted by Gasteiger charge is -2.36. The number of piperazine rings is 2. The fourth-order valence-electron chi connectivity index (χ4n) is 3.77. The van der Waals surface area contributed by atoms with E-state index in [-0.39, 0.29) is 5.91 Å². The largest absolute Gasteiger partial charge is 0.354 e. The molecule has 2 aliphatic rings. The van der Waals surface area contributed by atoms with E-state index < -0.39 is 0 Å². The minimum Gasteiger partial charge on any atom is -0.354 e. The summed E-state index contributed by atoms with van der Waals surface area (Å²) in [5.41, 5.74) is 0.760. The van der Waals surface area contributed by atoms with Crippen LogP contribution in [0, 0.1) is 0 Å². The SMILES string of the molecule is CSc1ccc(C(=O)N2CCN(c3cc(N4CCN(C)CC4)ncn3)CC2)cc1. The van der Waals surface area contributed by atoms with Gasteiger partial charge in [-0.2, -0.15) is 0 Å². The Balaban J connectivity index is 1.36. The van der Waals surface area contributed by atoms with Crippen molar-refractivity contribution in [1.29, 1.82) is 0 Å². The number of aromatic nitrogens is 2. The summed E-state index contributed by atoms with van der Waals surface area (Å²) in [6.07, 6.45) is 3.70. The molecule has 0 radical (unpaired) electrons. The molecule has 1 aromatic heterocycles. The zero-order chi connectivity index (χ0) is 20.2. The lowest BCUT2D eigenvalue weighted by atomic mass is 10.2. The van der Waals surface area contributed by atoms with Crippen LogP contribution in [0.15, 0.2) is 41.6 Å². The van der Waals surface area contributed by atoms with Crippen LogP contribution in [0.3, 0.4) is 0 Å². The minimum absolute atomic E-state index is 0.109. The quantitative estimate of drug-likeness (QED) is 0.711. The van der Waals surface area contributed by atoms with Crippen LogP contribution in [0.2, 0.25) is 0 Å². The summed E-state index contributed by atoms with van der Waals surface area (Å²) in [7, 11) is 2.15. The standard InChI is InChI=1S/C21H28N6OS/c1-24-7-9-25(10-8-24)19-15-20(23-16-22-19)26-11-13-27(14-12-26)21(28)17-3-5-18(29-2)6-4-17/h3-6,15-16H,7-14H2,1-2H3. The van der Waals surface area contributed by atoms with Crippen molar-refractivity contribution in [1.82, 2.24) is 19.8 Å². The summed E-state index contributed by atoms with van der Waals surface area (Å²) < 4.78 is 0. The molecule has 2 aliphatic heterocycles. The van der Waals surface area contributed by atoms with Crippen molar-refractivity contribution in [3.05, 3.63) is 42.2 Å². The molecule has 0 aliphatic carbocycles. The van der Waals surface area contributed by atoms with Crippen molar-refractivity contribution < 1.29 is 4.79 Å². The summed E-state index contributed by atoms with van der Waals surface area (Å²) in [6.45, 7) is 7.07. The summed E-state index contributed by atoms with van der Waals surface area (Å²) in [5, 5.41) is 0. The van der Waals surface area contributed by atoms with Gasteiger partial charge in [0.2, 0.25) is 0 Å². The Morgan fingerprint density at radius 1 is 0.862 bits per heavy atom. The highest BCUT2D eigenvalue weighted by atomic mass is 32.2. The molecule has 0 spiro atoms. The van der Waals surface area contributed by atoms with Gasteiger partial charge in [-0.15, -0.1) is 11.8 Å². The highest BCUT2D eigenvalue weighted by Gasteiger charge is 2.24. The molecule has 2 aromatic rings. The van der Waals surface area contributed by atoms with Crippen molar-refractivity contribution in [3.63, 3.8) is 0 Å². The molecule has 1 aromatic carbocycles. The zero-order valence-electron chi connectivity index (χ0n) is 17.1. The molecule has 4 rings (SSSR count). The van der Waals surface area contributed by atoms with Gasteiger partial charge in [-0.05, 0) is 37.6 Å². The number of carbonyl (C=O) groups excluding carboxylic acids is 1. The maximum Gasteiger partial charge on any atom is 0.253 e. The van der Waals surface area contributed by atoms with Crippen LogP contribution in [0.4, 0.5) is 11.6 Å². The van der Waals surface area contributed by atoms with Gasteiger partial charge in [0.15, 0.2) is 0 Å². The van der Waals surface area contributed by atoms with Crippen LogP contribution in [0.1, 0.15) is 10.4 Å². The van der Waals surface area contributed by atoms with Gasteiger partial charge in [-0.25, -0.2) is 9.97 Å². The number of amides is 1. The lowest BCUT2D eigenvalue weighted by molar-refractivity contribution is 0.0746. The van der Waals surface area contributed by atoms with E-state index in [0.717, 1.165) is 56.5 Å². The number of anilines is 2. The van der Waals surface area contributed by atoms with E-state index in [4.69, 9.17) is 0 Å². The maximum atomic E-state index is 12.8. The molecule has 154 valence electrons. The van der Waals surface area contributed by atoms with E-state index in [1.807, 2.05) is 35.4 Å². The summed E-state index contributed by atoms with van der Waals surface area (Å²) in [4.78, 5) is 31.8. The van der Waals surface area contributed by atoms with Gasteiger partial charge < -0.3 is 19.6 Å². The first kappa shape index (κ1) is 20.0. The number of nitrogens with zero attached hydrogens (tertiary/aromatic N) is 6. The molecular weight excluding hydrogens is 384 g/mol. The molecular formula is C21H28N6OS. The predicted octanol–water partition coefficient (Wildman–Crippen LogP) is 1.91. The van der Waals surface area contributed by atoms with E-state index in [1.54, 1.807) is 18.1 Å². The number of carbonyl (C=O) groups is 1. The van der Waals surface area contributed by atoms with Crippen molar-refractivity contribution in [2.45, 2.75) is 4.90 Å². The third-order valence-corrected chi connectivity index (χ3v) is 6.44. The van der Waals surface area contributed by atoms with E-state index >= 15 is 0 Å². The number of hydrogen-bond acceptors (Lipinski definition) is 7. The minimum atomic E-state index is 0.109. The second kappa shape index (κ2) is 9.00. The number of rotatable bonds is 4. The molecule has 3 heterocycles. The molecule has 2 fully saturated rings. The third-order valence-electron chi connectivity index (χ3n) is 5.69. The van der Waals surface area contributed by atoms with Crippen LogP contribution in [0.5, 0.6) is 0 Å². The molecule has 0 N–H and O–H groups in total. The topological polar surface area (TPSA) is 55.8 Å². The van der Waals surface area contributed by atoms with Crippen LogP contribution in [-0.4, -0.2) is 91.3 Å². The van der Waals surface area contributed by atoms with Gasteiger partial charge in [-0.1, -0.05) is 0 Å². The molecule has 2 saturated heterocycles. The van der Waals surface area contributed by atoms with Crippen molar-refractivity contribution in [2.75, 3.05) is 75.5 Å². The first-order valence-electron chi connectivity index (χ1n) is 10.1. The lowest BCUT2D eigenvalue weighted by Crippen LogP contribution is -2.49. The van der Waals surface area contributed by atoms with Gasteiger partial charge >= 0.3 is 0 Å². The fraction of sp³-hybridized carbons (Fsp3) is 0.476. The number of thioether (sulfide) groups is 1. The normalized spacial score (nSPS) is 18.2. The Bertz CT molecular complexity index is 829. The van der Waals surface area contributed by atoms with E-state index in [0.29, 0.717) is 13.1 Å². The summed E-state index contributed by atoms with van der Waals surface area (Å²) in [5.74, 6) is 2.05. The maximum absolute atomic E-state index is 12.8. The van der Waals surface area contributed by atoms with Crippen LogP contribution in [0.25, 0.3) is 0 Å². The predicted molar refractivity (Wildman–Crippen MR) is 118 cm³/mol. The number of likely N-dealkylation sites (N-methyl/N-ethyl adjacent to an activating group) is 1. The van der Waals surface area contributed by atoms with Crippen LogP contribution >= 0.6 is 11.8 Å². The summed E-state index contributed by atoms with van der Waals surface area (Å²) >= 11 is 1.68. The monoisotopic (exact) mass is 412 g/mol. The molecule has 29 heavy (non-hydrogen) atoms. The smallest absolute Gasteiger partial charge is 0.253 e. The molecule has 1 amide bonds. The molecule has 0 unspecified atom stereocenters. The van der Waals surface area contributed by atoms with Crippen molar-refractivity contribution in [2.24, 2.45) is 0 Å². The second-order valence-electron chi connectivity index (χ2n) is 7.53. The summed E-state index contributed by atoms with van der Waals surface area (Å²) in [6, 6.07) is 9.95. The fourth-order valence-corrected chi connectivity index (χ4v) is 4.18. The Kier molecular flexibility index (Phi) is 6.20. The molecule has 0 atom stereocenters. The average Bonchev–Trinajstić information content (AvgIpc) is 2.79. The zero-order valence-corrected chi connectivity index (χ0v) is 17.9. The molecule has 8 heteroatoms. The number of benzene rings is 1. The van der Waals surface area contributed by atoms with Gasteiger partial charge in [0.25, 0.3) is 5.91 Å². The van der Waals surface area contributed by atoms with Crippen molar-refractivity contribution in [3.8, 4) is 0 Å². The van der Waals surface area contributed by atoms with Gasteiger partial charge in [-0.3, -0.25) is 4.79 Å². The van der Waals surface area contributed by atoms with E-state index in [9.17, 15) is 4.79 Å². The Hall–Kier alpha value is -2.32. The highest BCUT2D eigenvalue weighted by molar-refractivity contribution is 7.98. The first-order valence-corrected chi connectivity index (χ1v) is 11.3. The van der Waals surface area contributed by atoms with Gasteiger partial charge in [0.05, 0.1) is 0 Å². The van der Waals surface area contributed by atoms with E-state index in [2.05, 4.69) is 37.8 Å².